The van der Waals surface area contributed by atoms with E-state index >= 15 is 0 Å². The van der Waals surface area contributed by atoms with Crippen LogP contribution < -0.4 is 61.7 Å². The minimum atomic E-state index is -1.77. The summed E-state index contributed by atoms with van der Waals surface area (Å²) in [5.74, 6) is -3.04. The largest absolute Gasteiger partial charge is 0.433 e. The van der Waals surface area contributed by atoms with Crippen molar-refractivity contribution in [2.75, 3.05) is 114 Å². The van der Waals surface area contributed by atoms with Gasteiger partial charge in [0, 0.05) is 40.3 Å². The van der Waals surface area contributed by atoms with Crippen molar-refractivity contribution in [2.24, 2.45) is 0 Å². The number of hydrogen-bond donors (Lipinski definition) is 7. The highest BCUT2D eigenvalue weighted by molar-refractivity contribution is 8.15. The zero-order valence-corrected chi connectivity index (χ0v) is 92.6. The molecule has 16 unspecified atom stereocenters. The summed E-state index contributed by atoms with van der Waals surface area (Å²) in [4.78, 5) is 215. The van der Waals surface area contributed by atoms with Gasteiger partial charge in [-0.3, -0.25) is 137 Å². The lowest BCUT2D eigenvalue weighted by atomic mass is 10.00. The van der Waals surface area contributed by atoms with Crippen molar-refractivity contribution in [3.8, 4) is 0 Å². The lowest BCUT2D eigenvalue weighted by Gasteiger charge is -2.48. The third-order valence-electron chi connectivity index (χ3n) is 24.5. The highest BCUT2D eigenvalue weighted by Crippen LogP contribution is 2.38. The number of hydrogen-bond acceptors (Lipinski definition) is 31. The Morgan fingerprint density at radius 2 is 0.690 bits per heavy atom. The van der Waals surface area contributed by atoms with E-state index in [0.29, 0.717) is 49.4 Å². The number of likely N-dealkylation sites (N-methyl/N-ethyl adjacent to an activating group) is 9. The number of anilines is 5. The van der Waals surface area contributed by atoms with E-state index < -0.39 is 100 Å². The smallest absolute Gasteiger partial charge is 0.342 e. The van der Waals surface area contributed by atoms with Crippen molar-refractivity contribution < 1.29 is 98.8 Å². The molecule has 9 aliphatic heterocycles. The van der Waals surface area contributed by atoms with Crippen LogP contribution in [0.5, 0.6) is 0 Å². The van der Waals surface area contributed by atoms with Gasteiger partial charge in [-0.15, -0.1) is 0 Å². The first-order chi connectivity index (χ1) is 69.0. The Morgan fingerprint density at radius 1 is 0.359 bits per heavy atom. The molecule has 14 rings (SSSR count). The molecule has 145 heavy (non-hydrogen) atoms. The van der Waals surface area contributed by atoms with Gasteiger partial charge in [-0.1, -0.05) is 142 Å². The molecular weight excluding hydrogens is 1920 g/mol. The van der Waals surface area contributed by atoms with Crippen LogP contribution in [0.15, 0.2) is 131 Å². The number of Topliss-reactive ketones (excluding diaryl/α,β-unsaturated/α-hetero) is 7. The van der Waals surface area contributed by atoms with Crippen molar-refractivity contribution in [3.05, 3.63) is 138 Å². The van der Waals surface area contributed by atoms with Crippen molar-refractivity contribution in [1.29, 1.82) is 0 Å². The number of carbonyl (C=O) groups is 17. The predicted octanol–water partition coefficient (Wildman–Crippen LogP) is 8.95. The number of nitrogens with one attached hydrogen (secondary N) is 7. The van der Waals surface area contributed by atoms with E-state index in [4.69, 9.17) is 8.92 Å². The van der Waals surface area contributed by atoms with Crippen LogP contribution in [0.25, 0.3) is 0 Å². The number of amides is 8. The van der Waals surface area contributed by atoms with Crippen LogP contribution in [0.3, 0.4) is 0 Å². The maximum absolute atomic E-state index is 12.8. The average molecular weight is 2080 g/mol. The summed E-state index contributed by atoms with van der Waals surface area (Å²) in [6, 6.07) is 30.1. The number of fused-ring (bicyclic) bond motifs is 7. The molecule has 802 valence electrons. The number of hydrazine groups is 2. The van der Waals surface area contributed by atoms with Gasteiger partial charge < -0.3 is 25.6 Å². The SMILES string of the molecule is CC.CC.CC.CC.CC.CNC1C(=O)N(C(C)C(C)=O)c2ccccc2C(=O)N1C.CNC1C(=O)N(C(C)C(C)=O)c2ccccc2S(=O)N1C.CNC1CCCN2CCCC(C(C)=O)N2C1=O.CNC1CCN2CCCC(C(C)=O)N2C1=O.CNC1OC(=O)c2ccccc2N(C(C)C(C)=O)C1=O.CNC1OS(=O)c2ccccc2N(C(C)C(C)=O)C1=O.CNC1SC(=O)c2ccccc2N(C(C)C(C)=O)C1=O. The molecule has 42 heteroatoms. The Hall–Kier alpha value is -11.1. The lowest BCUT2D eigenvalue weighted by Crippen LogP contribution is -2.65. The monoisotopic (exact) mass is 2080 g/mol. The number of nitrogens with zero attached hydrogens (tertiary/aromatic N) is 11. The van der Waals surface area contributed by atoms with Gasteiger partial charge in [-0.25, -0.2) is 23.2 Å². The molecule has 8 amide bonds. The first-order valence-corrected chi connectivity index (χ1v) is 52.5. The molecule has 0 saturated carbocycles. The summed E-state index contributed by atoms with van der Waals surface area (Å²) >= 11 is -0.832. The standard InChI is InChI=1S/C15H19N3O3.C14H19N3O3S.C14H16N2O4.C14H16N2O3S.C13H16N2O4S.C12H21N3O2.C11H19N3O2.5C2H6/c1-9(10(2)19)18-12-8-6-5-7-11(12)14(20)17(4)13(16-3)15(18)21;1-9(10(2)18)17-11-7-5-6-8-12(11)21(20)16(4)13(15-3)14(17)19;2*1-8(9(2)17)16-11-7-5-4-6-10(11)14(19)20-12(15-3)13(16)18;1-8(9(2)16)15-10-6-4-5-7-11(10)20(18)19-12(14-3)13(15)17;1-9(16)11-6-4-8-14-7-3-5-10(13-2)12(17)15(11)14;1-8(15)10-4-3-6-13-7-5-9(12-2)11(16)14(10)13;5*1-2/h5-9,13,16H,1-4H3;5-9,13,15H,1-4H3;2*4-8,12,15H,1-3H3;4-8,12,14H,1-3H3;10-11,13H,3-8H2,1-2H3;9-10,12H,3-7H2,1-2H3;5*1-2H3. The van der Waals surface area contributed by atoms with Crippen LogP contribution >= 0.6 is 11.8 Å². The summed E-state index contributed by atoms with van der Waals surface area (Å²) in [5.41, 5.74) is 3.46. The molecule has 9 heterocycles. The molecule has 0 radical (unpaired) electrons. The number of ketones is 7. The number of esters is 1. The number of carbonyl (C=O) groups excluding carboxylic acids is 17. The summed E-state index contributed by atoms with van der Waals surface area (Å²) in [6.45, 7) is 42.1. The molecule has 16 atom stereocenters. The highest BCUT2D eigenvalue weighted by Gasteiger charge is 2.48. The van der Waals surface area contributed by atoms with Gasteiger partial charge in [-0.05, 0) is 238 Å². The molecule has 39 nitrogen and oxygen atoms in total. The molecule has 0 spiro atoms. The Bertz CT molecular complexity index is 4980. The Kier molecular flexibility index (Phi) is 55.4. The van der Waals surface area contributed by atoms with Crippen LogP contribution in [0.2, 0.25) is 0 Å². The van der Waals surface area contributed by atoms with Gasteiger partial charge >= 0.3 is 5.97 Å². The van der Waals surface area contributed by atoms with Crippen molar-refractivity contribution in [2.45, 2.75) is 292 Å². The number of para-hydroxylation sites is 5. The molecule has 4 saturated heterocycles. The molecule has 9 aliphatic rings. The molecule has 5 aromatic carbocycles. The fraction of sp³-hybridized carbons (Fsp3) is 0.544. The van der Waals surface area contributed by atoms with Crippen LogP contribution in [0.1, 0.15) is 228 Å². The van der Waals surface area contributed by atoms with Crippen LogP contribution in [0.4, 0.5) is 28.4 Å². The van der Waals surface area contributed by atoms with Gasteiger partial charge in [0.2, 0.25) is 17.6 Å². The third kappa shape index (κ3) is 31.5. The zero-order chi connectivity index (χ0) is 110. The second kappa shape index (κ2) is 62.8. The maximum Gasteiger partial charge on any atom is 0.342 e. The van der Waals surface area contributed by atoms with E-state index in [1.54, 1.807) is 222 Å². The second-order valence-electron chi connectivity index (χ2n) is 33.1. The number of thioether (sulfide) groups is 1. The molecule has 0 aliphatic carbocycles. The fourth-order valence-electron chi connectivity index (χ4n) is 16.4. The third-order valence-corrected chi connectivity index (χ3v) is 28.2. The predicted molar refractivity (Wildman–Crippen MR) is 566 cm³/mol. The van der Waals surface area contributed by atoms with E-state index in [-0.39, 0.29) is 111 Å². The highest BCUT2D eigenvalue weighted by atomic mass is 32.2. The van der Waals surface area contributed by atoms with Crippen molar-refractivity contribution >= 4 is 161 Å². The van der Waals surface area contributed by atoms with E-state index in [0.717, 1.165) is 82.9 Å². The zero-order valence-electron chi connectivity index (χ0n) is 90.1. The Morgan fingerprint density at radius 3 is 1.10 bits per heavy atom. The number of ether oxygens (including phenoxy) is 1. The normalized spacial score (nSPS) is 22.6. The summed E-state index contributed by atoms with van der Waals surface area (Å²) in [5, 5.41) is 26.5. The summed E-state index contributed by atoms with van der Waals surface area (Å²) in [6.07, 6.45) is 2.58. The van der Waals surface area contributed by atoms with Crippen LogP contribution in [-0.2, 0) is 98.1 Å². The molecule has 0 aromatic heterocycles. The first kappa shape index (κ1) is 128. The molecule has 7 N–H and O–H groups in total. The van der Waals surface area contributed by atoms with Crippen LogP contribution in [0, 0.1) is 0 Å². The van der Waals surface area contributed by atoms with Gasteiger partial charge in [0.05, 0.1) is 97.2 Å². The van der Waals surface area contributed by atoms with Gasteiger partial charge in [0.15, 0.2) is 63.9 Å². The Labute approximate surface area is 865 Å². The number of rotatable bonds is 19. The number of cyclic esters (lactones) is 1. The Balaban J connectivity index is 0.000000429. The van der Waals surface area contributed by atoms with E-state index in [9.17, 15) is 89.9 Å². The van der Waals surface area contributed by atoms with Crippen molar-refractivity contribution in [3.63, 3.8) is 0 Å². The fourth-order valence-corrected chi connectivity index (χ4v) is 19.5. The topological polar surface area (TPSA) is 463 Å². The van der Waals surface area contributed by atoms with Crippen molar-refractivity contribution in [1.82, 2.24) is 66.5 Å². The minimum absolute atomic E-state index is 0.0497. The summed E-state index contributed by atoms with van der Waals surface area (Å²) < 4.78 is 36.6. The minimum Gasteiger partial charge on any atom is -0.433 e. The average Bonchev–Trinajstić information content (AvgIpc) is 1.45. The van der Waals surface area contributed by atoms with Crippen LogP contribution in [-0.4, -0.2) is 311 Å². The quantitative estimate of drug-likeness (QED) is 0.0379. The lowest BCUT2D eigenvalue weighted by molar-refractivity contribution is -0.175. The molecular formula is C103H156N18O21S3. The van der Waals surface area contributed by atoms with E-state index in [1.165, 1.54) is 82.4 Å². The molecule has 5 aromatic rings. The first-order valence-electron chi connectivity index (χ1n) is 49.4. The second-order valence-corrected chi connectivity index (χ2v) is 36.8. The van der Waals surface area contributed by atoms with Gasteiger partial charge in [0.25, 0.3) is 47.3 Å². The van der Waals surface area contributed by atoms with Gasteiger partial charge in [-0.2, -0.15) is 4.31 Å². The van der Waals surface area contributed by atoms with E-state index in [2.05, 4.69) is 42.2 Å². The molecule has 4 fully saturated rings. The van der Waals surface area contributed by atoms with Gasteiger partial charge in [0.1, 0.15) is 28.4 Å². The number of benzene rings is 5. The maximum atomic E-state index is 12.8. The van der Waals surface area contributed by atoms with E-state index in [1.807, 2.05) is 81.3 Å². The molecule has 0 bridgehead atoms. The summed E-state index contributed by atoms with van der Waals surface area (Å²) in [7, 11) is 13.2.